The molecule has 1 N–H and O–H groups in total. The first-order chi connectivity index (χ1) is 7.60. The first kappa shape index (κ1) is 13.2. The van der Waals surface area contributed by atoms with E-state index in [0.29, 0.717) is 5.92 Å². The monoisotopic (exact) mass is 222 g/mol. The van der Waals surface area contributed by atoms with Crippen LogP contribution in [0.15, 0.2) is 24.3 Å². The summed E-state index contributed by atoms with van der Waals surface area (Å²) in [5.41, 5.74) is 2.22. The number of aliphatic hydroxyl groups is 1. The quantitative estimate of drug-likeness (QED) is 0.828. The summed E-state index contributed by atoms with van der Waals surface area (Å²) in [6.45, 7) is 6.34. The Bertz CT molecular complexity index is 299. The molecule has 0 saturated heterocycles. The summed E-state index contributed by atoms with van der Waals surface area (Å²) < 4.78 is 5.24. The highest BCUT2D eigenvalue weighted by atomic mass is 16.5. The Morgan fingerprint density at radius 1 is 1.12 bits per heavy atom. The fourth-order valence-electron chi connectivity index (χ4n) is 1.81. The zero-order valence-electron chi connectivity index (χ0n) is 10.6. The van der Waals surface area contributed by atoms with Crippen LogP contribution in [-0.4, -0.2) is 18.3 Å². The number of ether oxygens (including phenoxy) is 1. The molecule has 90 valence electrons. The van der Waals surface area contributed by atoms with Crippen molar-refractivity contribution in [2.75, 3.05) is 7.11 Å². The molecule has 0 fully saturated rings. The minimum Gasteiger partial charge on any atom is -0.386 e. The van der Waals surface area contributed by atoms with Gasteiger partial charge in [0.15, 0.2) is 0 Å². The minimum absolute atomic E-state index is 0.120. The van der Waals surface area contributed by atoms with E-state index < -0.39 is 6.10 Å². The molecule has 16 heavy (non-hydrogen) atoms. The molecule has 1 aromatic carbocycles. The smallest absolute Gasteiger partial charge is 0.105 e. The molecule has 0 aromatic heterocycles. The van der Waals surface area contributed by atoms with Crippen molar-refractivity contribution in [2.45, 2.75) is 45.3 Å². The average Bonchev–Trinajstić information content (AvgIpc) is 2.30. The number of methoxy groups -OCH3 is 1. The van der Waals surface area contributed by atoms with Gasteiger partial charge >= 0.3 is 0 Å². The van der Waals surface area contributed by atoms with Crippen molar-refractivity contribution < 1.29 is 9.84 Å². The van der Waals surface area contributed by atoms with Crippen molar-refractivity contribution in [3.63, 3.8) is 0 Å². The molecule has 0 saturated carbocycles. The van der Waals surface area contributed by atoms with Crippen molar-refractivity contribution in [1.82, 2.24) is 0 Å². The van der Waals surface area contributed by atoms with Crippen molar-refractivity contribution >= 4 is 0 Å². The molecule has 1 rings (SSSR count). The number of aliphatic hydroxyl groups excluding tert-OH is 1. The van der Waals surface area contributed by atoms with Crippen LogP contribution >= 0.6 is 0 Å². The van der Waals surface area contributed by atoms with Crippen LogP contribution in [0, 0.1) is 0 Å². The molecule has 0 spiro atoms. The standard InChI is InChI=1S/C14H22O2/c1-5-13(16-4)14(15)12-8-6-11(7-9-12)10(2)3/h6-10,13-15H,5H2,1-4H3. The fourth-order valence-corrected chi connectivity index (χ4v) is 1.81. The molecule has 2 unspecified atom stereocenters. The largest absolute Gasteiger partial charge is 0.386 e. The van der Waals surface area contributed by atoms with Gasteiger partial charge in [-0.2, -0.15) is 0 Å². The van der Waals surface area contributed by atoms with Gasteiger partial charge in [0.1, 0.15) is 6.10 Å². The Morgan fingerprint density at radius 2 is 1.62 bits per heavy atom. The topological polar surface area (TPSA) is 29.5 Å². The number of rotatable bonds is 5. The second-order valence-corrected chi connectivity index (χ2v) is 4.45. The highest BCUT2D eigenvalue weighted by Gasteiger charge is 2.18. The summed E-state index contributed by atoms with van der Waals surface area (Å²) in [5, 5.41) is 10.1. The maximum atomic E-state index is 10.1. The summed E-state index contributed by atoms with van der Waals surface area (Å²) in [6, 6.07) is 8.13. The first-order valence-electron chi connectivity index (χ1n) is 5.90. The van der Waals surface area contributed by atoms with Gasteiger partial charge in [0.05, 0.1) is 6.10 Å². The molecule has 2 heteroatoms. The van der Waals surface area contributed by atoms with E-state index in [1.807, 2.05) is 19.1 Å². The molecule has 0 aliphatic carbocycles. The average molecular weight is 222 g/mol. The minimum atomic E-state index is -0.531. The molecule has 2 atom stereocenters. The number of hydrogen-bond acceptors (Lipinski definition) is 2. The summed E-state index contributed by atoms with van der Waals surface area (Å²) >= 11 is 0. The Hall–Kier alpha value is -0.860. The fraction of sp³-hybridized carbons (Fsp3) is 0.571. The molecular weight excluding hydrogens is 200 g/mol. The lowest BCUT2D eigenvalue weighted by Gasteiger charge is -2.20. The second kappa shape index (κ2) is 6.02. The van der Waals surface area contributed by atoms with E-state index in [1.54, 1.807) is 7.11 Å². The third kappa shape index (κ3) is 3.06. The lowest BCUT2D eigenvalue weighted by molar-refractivity contribution is -0.0148. The second-order valence-electron chi connectivity index (χ2n) is 4.45. The van der Waals surface area contributed by atoms with Crippen LogP contribution < -0.4 is 0 Å². The summed E-state index contributed by atoms with van der Waals surface area (Å²) in [7, 11) is 1.64. The van der Waals surface area contributed by atoms with Gasteiger partial charge in [-0.15, -0.1) is 0 Å². The molecular formula is C14H22O2. The van der Waals surface area contributed by atoms with E-state index in [0.717, 1.165) is 12.0 Å². The van der Waals surface area contributed by atoms with Gasteiger partial charge in [-0.3, -0.25) is 0 Å². The van der Waals surface area contributed by atoms with Crippen LogP contribution in [-0.2, 0) is 4.74 Å². The Kier molecular flexibility index (Phi) is 4.97. The molecule has 0 amide bonds. The SMILES string of the molecule is CCC(OC)C(O)c1ccc(C(C)C)cc1. The normalized spacial score (nSPS) is 15.1. The summed E-state index contributed by atoms with van der Waals surface area (Å²) in [6.07, 6.45) is 0.157. The predicted molar refractivity (Wildman–Crippen MR) is 66.6 cm³/mol. The van der Waals surface area contributed by atoms with Crippen molar-refractivity contribution in [1.29, 1.82) is 0 Å². The van der Waals surface area contributed by atoms with Gasteiger partial charge in [-0.1, -0.05) is 45.0 Å². The van der Waals surface area contributed by atoms with E-state index in [4.69, 9.17) is 4.74 Å². The summed E-state index contributed by atoms with van der Waals surface area (Å²) in [4.78, 5) is 0. The Balaban J connectivity index is 2.80. The molecule has 2 nitrogen and oxygen atoms in total. The zero-order valence-corrected chi connectivity index (χ0v) is 10.6. The van der Waals surface area contributed by atoms with Gasteiger partial charge in [-0.05, 0) is 23.5 Å². The van der Waals surface area contributed by atoms with Gasteiger partial charge in [0.25, 0.3) is 0 Å². The van der Waals surface area contributed by atoms with E-state index in [9.17, 15) is 5.11 Å². The van der Waals surface area contributed by atoms with Crippen molar-refractivity contribution in [3.05, 3.63) is 35.4 Å². The molecule has 0 radical (unpaired) electrons. The highest BCUT2D eigenvalue weighted by Crippen LogP contribution is 2.23. The first-order valence-corrected chi connectivity index (χ1v) is 5.90. The zero-order chi connectivity index (χ0) is 12.1. The van der Waals surface area contributed by atoms with Crippen molar-refractivity contribution in [2.24, 2.45) is 0 Å². The predicted octanol–water partition coefficient (Wildman–Crippen LogP) is 3.27. The van der Waals surface area contributed by atoms with Crippen LogP contribution in [0.3, 0.4) is 0 Å². The maximum absolute atomic E-state index is 10.1. The van der Waals surface area contributed by atoms with Crippen LogP contribution in [0.5, 0.6) is 0 Å². The third-order valence-electron chi connectivity index (χ3n) is 3.00. The Labute approximate surface area is 98.3 Å². The molecule has 1 aromatic rings. The molecule has 0 heterocycles. The lowest BCUT2D eigenvalue weighted by Crippen LogP contribution is -2.19. The molecule has 0 bridgehead atoms. The number of hydrogen-bond donors (Lipinski definition) is 1. The van der Waals surface area contributed by atoms with Crippen LogP contribution in [0.1, 0.15) is 50.3 Å². The highest BCUT2D eigenvalue weighted by molar-refractivity contribution is 5.26. The van der Waals surface area contributed by atoms with Gasteiger partial charge < -0.3 is 9.84 Å². The van der Waals surface area contributed by atoms with E-state index in [2.05, 4.69) is 26.0 Å². The Morgan fingerprint density at radius 3 is 2.00 bits per heavy atom. The van der Waals surface area contributed by atoms with Crippen LogP contribution in [0.2, 0.25) is 0 Å². The van der Waals surface area contributed by atoms with E-state index in [1.165, 1.54) is 5.56 Å². The van der Waals surface area contributed by atoms with Crippen LogP contribution in [0.25, 0.3) is 0 Å². The van der Waals surface area contributed by atoms with E-state index >= 15 is 0 Å². The summed E-state index contributed by atoms with van der Waals surface area (Å²) in [5.74, 6) is 0.524. The van der Waals surface area contributed by atoms with Gasteiger partial charge in [-0.25, -0.2) is 0 Å². The van der Waals surface area contributed by atoms with Gasteiger partial charge in [0, 0.05) is 7.11 Å². The van der Waals surface area contributed by atoms with Crippen LogP contribution in [0.4, 0.5) is 0 Å². The number of benzene rings is 1. The van der Waals surface area contributed by atoms with Crippen molar-refractivity contribution in [3.8, 4) is 0 Å². The maximum Gasteiger partial charge on any atom is 0.105 e. The third-order valence-corrected chi connectivity index (χ3v) is 3.00. The van der Waals surface area contributed by atoms with E-state index in [-0.39, 0.29) is 6.10 Å². The molecule has 0 aliphatic rings. The lowest BCUT2D eigenvalue weighted by atomic mass is 9.97. The van der Waals surface area contributed by atoms with Gasteiger partial charge in [0.2, 0.25) is 0 Å². The molecule has 0 aliphatic heterocycles.